The number of nitrogen functional groups attached to an aromatic ring is 2. The summed E-state index contributed by atoms with van der Waals surface area (Å²) in [4.78, 5) is 9.68. The van der Waals surface area contributed by atoms with Gasteiger partial charge in [0.05, 0.1) is 25.6 Å². The Bertz CT molecular complexity index is 2840. The molecule has 0 aliphatic rings. The Hall–Kier alpha value is -8.48. The second-order valence-electron chi connectivity index (χ2n) is 16.5. The SMILES string of the molecule is COc1cc(/C=N/c2ccc(-c3cc(-c4ccc(C)cc4)cc(-c4ccc(N)cc4)c3)cc2)c(OC)cc1/C=N/c1ccc(-c2cc(-c3ccc(C)cc3)cc(-c3ccc(N)cc3)c2)cc1. The highest BCUT2D eigenvalue weighted by Crippen LogP contribution is 2.37. The van der Waals surface area contributed by atoms with E-state index in [1.807, 2.05) is 60.7 Å². The molecule has 0 spiro atoms. The molecule has 4 N–H and O–H groups in total. The molecule has 322 valence electrons. The first-order chi connectivity index (χ1) is 32.2. The molecule has 6 nitrogen and oxygen atoms in total. The summed E-state index contributed by atoms with van der Waals surface area (Å²) in [5.41, 5.74) is 32.7. The first kappa shape index (κ1) is 42.8. The highest BCUT2D eigenvalue weighted by atomic mass is 16.5. The Labute approximate surface area is 387 Å². The molecule has 0 amide bonds. The standard InChI is InChI=1S/C60H50N4O2/c1-39-5-9-41(10-6-39)47-29-49(43-13-21-55(61)22-14-43)33-51(31-47)45-17-25-57(26-18-45)63-37-53-35-60(66-4)54(36-59(53)65-3)38-64-58-27-19-46(20-28-58)52-32-48(42-11-7-40(2)8-12-42)30-50(34-52)44-15-23-56(62)24-16-44/h5-38H,61-62H2,1-4H3/b63-37+,64-38+. The van der Waals surface area contributed by atoms with Gasteiger partial charge in [0.25, 0.3) is 0 Å². The highest BCUT2D eigenvalue weighted by Gasteiger charge is 2.12. The van der Waals surface area contributed by atoms with Crippen molar-refractivity contribution in [3.63, 3.8) is 0 Å². The van der Waals surface area contributed by atoms with Crippen LogP contribution in [0.4, 0.5) is 22.7 Å². The Kier molecular flexibility index (Phi) is 12.4. The van der Waals surface area contributed by atoms with Crippen molar-refractivity contribution in [1.82, 2.24) is 0 Å². The number of aliphatic imine (C=N–C) groups is 2. The van der Waals surface area contributed by atoms with Gasteiger partial charge in [-0.25, -0.2) is 0 Å². The zero-order valence-corrected chi connectivity index (χ0v) is 37.5. The predicted molar refractivity (Wildman–Crippen MR) is 278 cm³/mol. The smallest absolute Gasteiger partial charge is 0.128 e. The number of hydrogen-bond acceptors (Lipinski definition) is 6. The van der Waals surface area contributed by atoms with Crippen LogP contribution in [-0.2, 0) is 0 Å². The van der Waals surface area contributed by atoms with E-state index in [9.17, 15) is 0 Å². The number of anilines is 2. The highest BCUT2D eigenvalue weighted by molar-refractivity contribution is 5.93. The van der Waals surface area contributed by atoms with Crippen LogP contribution < -0.4 is 20.9 Å². The summed E-state index contributed by atoms with van der Waals surface area (Å²) in [7, 11) is 3.31. The minimum Gasteiger partial charge on any atom is -0.496 e. The van der Waals surface area contributed by atoms with Gasteiger partial charge in [0.15, 0.2) is 0 Å². The minimum absolute atomic E-state index is 0.654. The van der Waals surface area contributed by atoms with Crippen molar-refractivity contribution in [2.45, 2.75) is 13.8 Å². The van der Waals surface area contributed by atoms with Gasteiger partial charge in [-0.1, -0.05) is 108 Å². The number of nitrogens with zero attached hydrogens (tertiary/aromatic N) is 2. The number of ether oxygens (including phenoxy) is 2. The zero-order valence-electron chi connectivity index (χ0n) is 37.5. The van der Waals surface area contributed by atoms with Crippen LogP contribution >= 0.6 is 0 Å². The van der Waals surface area contributed by atoms with Crippen molar-refractivity contribution in [3.8, 4) is 78.3 Å². The predicted octanol–water partition coefficient (Wildman–Crippen LogP) is 15.0. The lowest BCUT2D eigenvalue weighted by Gasteiger charge is -2.12. The lowest BCUT2D eigenvalue weighted by atomic mass is 9.93. The molecule has 0 saturated heterocycles. The van der Waals surface area contributed by atoms with Crippen LogP contribution in [0.1, 0.15) is 22.3 Å². The fourth-order valence-electron chi connectivity index (χ4n) is 8.01. The maximum atomic E-state index is 6.03. The van der Waals surface area contributed by atoms with E-state index < -0.39 is 0 Å². The minimum atomic E-state index is 0.654. The molecule has 66 heavy (non-hydrogen) atoms. The third-order valence-electron chi connectivity index (χ3n) is 11.8. The fourth-order valence-corrected chi connectivity index (χ4v) is 8.01. The van der Waals surface area contributed by atoms with Gasteiger partial charge >= 0.3 is 0 Å². The number of aryl methyl sites for hydroxylation is 2. The molecule has 0 unspecified atom stereocenters. The van der Waals surface area contributed by atoms with Gasteiger partial charge in [-0.15, -0.1) is 0 Å². The summed E-state index contributed by atoms with van der Waals surface area (Å²) in [6.07, 6.45) is 3.61. The topological polar surface area (TPSA) is 95.2 Å². The normalized spacial score (nSPS) is 11.3. The first-order valence-corrected chi connectivity index (χ1v) is 21.9. The summed E-state index contributed by atoms with van der Waals surface area (Å²) in [6, 6.07) is 67.2. The van der Waals surface area contributed by atoms with Crippen molar-refractivity contribution in [1.29, 1.82) is 0 Å². The average Bonchev–Trinajstić information content (AvgIpc) is 3.36. The third kappa shape index (κ3) is 9.84. The molecule has 0 radical (unpaired) electrons. The molecule has 0 fully saturated rings. The van der Waals surface area contributed by atoms with Gasteiger partial charge in [0, 0.05) is 34.9 Å². The molecule has 9 aromatic carbocycles. The van der Waals surface area contributed by atoms with E-state index in [0.717, 1.165) is 101 Å². The van der Waals surface area contributed by atoms with Crippen molar-refractivity contribution in [2.24, 2.45) is 9.98 Å². The molecule has 0 saturated carbocycles. The van der Waals surface area contributed by atoms with Gasteiger partial charge in [-0.2, -0.15) is 0 Å². The second-order valence-corrected chi connectivity index (χ2v) is 16.5. The van der Waals surface area contributed by atoms with Crippen molar-refractivity contribution < 1.29 is 9.47 Å². The summed E-state index contributed by atoms with van der Waals surface area (Å²) in [6.45, 7) is 4.21. The molecule has 0 aliphatic carbocycles. The average molecular weight is 859 g/mol. The molecule has 9 rings (SSSR count). The van der Waals surface area contributed by atoms with Gasteiger partial charge < -0.3 is 20.9 Å². The fraction of sp³-hybridized carbons (Fsp3) is 0.0667. The molecular formula is C60H50N4O2. The van der Waals surface area contributed by atoms with Crippen LogP contribution in [0.3, 0.4) is 0 Å². The molecule has 0 bridgehead atoms. The van der Waals surface area contributed by atoms with Crippen LogP contribution in [0.15, 0.2) is 204 Å². The lowest BCUT2D eigenvalue weighted by molar-refractivity contribution is 0.402. The Morgan fingerprint density at radius 2 is 0.561 bits per heavy atom. The molecule has 9 aromatic rings. The molecule has 6 heteroatoms. The van der Waals surface area contributed by atoms with Crippen LogP contribution in [-0.4, -0.2) is 26.6 Å². The van der Waals surface area contributed by atoms with E-state index in [1.54, 1.807) is 26.6 Å². The number of hydrogen-bond donors (Lipinski definition) is 2. The van der Waals surface area contributed by atoms with Gasteiger partial charge in [0.1, 0.15) is 11.5 Å². The molecule has 0 aliphatic heterocycles. The second kappa shape index (κ2) is 19.1. The van der Waals surface area contributed by atoms with Crippen molar-refractivity contribution in [3.05, 3.63) is 216 Å². The van der Waals surface area contributed by atoms with Crippen LogP contribution in [0.25, 0.3) is 66.8 Å². The zero-order chi connectivity index (χ0) is 45.6. The quantitative estimate of drug-likeness (QED) is 0.0945. The van der Waals surface area contributed by atoms with Crippen LogP contribution in [0, 0.1) is 13.8 Å². The van der Waals surface area contributed by atoms with E-state index in [-0.39, 0.29) is 0 Å². The Morgan fingerprint density at radius 1 is 0.318 bits per heavy atom. The number of rotatable bonds is 12. The molecule has 0 atom stereocenters. The summed E-state index contributed by atoms with van der Waals surface area (Å²) < 4.78 is 11.7. The Balaban J connectivity index is 0.942. The van der Waals surface area contributed by atoms with Crippen LogP contribution in [0.5, 0.6) is 11.5 Å². The largest absolute Gasteiger partial charge is 0.496 e. The Morgan fingerprint density at radius 3 is 0.818 bits per heavy atom. The lowest BCUT2D eigenvalue weighted by Crippen LogP contribution is -1.97. The van der Waals surface area contributed by atoms with Crippen molar-refractivity contribution >= 4 is 35.2 Å². The first-order valence-electron chi connectivity index (χ1n) is 21.9. The van der Waals surface area contributed by atoms with Crippen LogP contribution in [0.2, 0.25) is 0 Å². The maximum Gasteiger partial charge on any atom is 0.128 e. The van der Waals surface area contributed by atoms with Crippen molar-refractivity contribution in [2.75, 3.05) is 25.7 Å². The summed E-state index contributed by atoms with van der Waals surface area (Å²) in [5.74, 6) is 1.31. The van der Waals surface area contributed by atoms with Gasteiger partial charge in [0.2, 0.25) is 0 Å². The molecule has 0 aromatic heterocycles. The van der Waals surface area contributed by atoms with E-state index in [1.165, 1.54) is 11.1 Å². The number of methoxy groups -OCH3 is 2. The van der Waals surface area contributed by atoms with E-state index in [4.69, 9.17) is 30.9 Å². The van der Waals surface area contributed by atoms with Gasteiger partial charge in [-0.05, 0) is 178 Å². The van der Waals surface area contributed by atoms with E-state index >= 15 is 0 Å². The van der Waals surface area contributed by atoms with Gasteiger partial charge in [-0.3, -0.25) is 9.98 Å². The third-order valence-corrected chi connectivity index (χ3v) is 11.8. The molecular weight excluding hydrogens is 809 g/mol. The number of benzene rings is 9. The maximum absolute atomic E-state index is 6.03. The number of nitrogens with two attached hydrogens (primary N) is 2. The summed E-state index contributed by atoms with van der Waals surface area (Å²) in [5, 5.41) is 0. The van der Waals surface area contributed by atoms with E-state index in [0.29, 0.717) is 11.5 Å². The summed E-state index contributed by atoms with van der Waals surface area (Å²) >= 11 is 0. The molecule has 0 heterocycles. The van der Waals surface area contributed by atoms with E-state index in [2.05, 4.69) is 147 Å². The monoisotopic (exact) mass is 858 g/mol.